The van der Waals surface area contributed by atoms with Gasteiger partial charge < -0.3 is 10.1 Å². The topological polar surface area (TPSA) is 21.3 Å². The molecule has 18 heavy (non-hydrogen) atoms. The molecule has 2 aromatic rings. The number of anilines is 1. The minimum Gasteiger partial charge on any atom is -0.492 e. The quantitative estimate of drug-likeness (QED) is 0.902. The first-order valence-corrected chi connectivity index (χ1v) is 7.28. The van der Waals surface area contributed by atoms with Crippen molar-refractivity contribution in [1.82, 2.24) is 0 Å². The van der Waals surface area contributed by atoms with Gasteiger partial charge in [0.25, 0.3) is 0 Å². The molecule has 3 heteroatoms. The Morgan fingerprint density at radius 2 is 2.28 bits per heavy atom. The Balaban J connectivity index is 1.87. The maximum atomic E-state index is 5.67. The van der Waals surface area contributed by atoms with Crippen molar-refractivity contribution >= 4 is 17.0 Å². The number of nitrogens with one attached hydrogen (secondary N) is 1. The summed E-state index contributed by atoms with van der Waals surface area (Å²) < 4.78 is 5.67. The van der Waals surface area contributed by atoms with E-state index in [1.54, 1.807) is 0 Å². The molecule has 0 fully saturated rings. The first-order valence-electron chi connectivity index (χ1n) is 6.40. The third-order valence-corrected chi connectivity index (χ3v) is 4.38. The minimum atomic E-state index is 0.592. The number of hydrogen-bond donors (Lipinski definition) is 1. The van der Waals surface area contributed by atoms with Gasteiger partial charge in [0, 0.05) is 17.3 Å². The number of hydrogen-bond acceptors (Lipinski definition) is 3. The molecule has 0 saturated carbocycles. The van der Waals surface area contributed by atoms with E-state index in [4.69, 9.17) is 4.74 Å². The van der Waals surface area contributed by atoms with Crippen molar-refractivity contribution in [2.45, 2.75) is 19.3 Å². The second-order valence-corrected chi connectivity index (χ2v) is 5.50. The highest BCUT2D eigenvalue weighted by atomic mass is 32.1. The van der Waals surface area contributed by atoms with Crippen LogP contribution in [-0.4, -0.2) is 13.2 Å². The van der Waals surface area contributed by atoms with Gasteiger partial charge in [0.05, 0.1) is 12.3 Å². The van der Waals surface area contributed by atoms with Crippen LogP contribution in [0.2, 0.25) is 0 Å². The molecule has 0 spiro atoms. The molecule has 2 heterocycles. The lowest BCUT2D eigenvalue weighted by atomic mass is 9.92. The van der Waals surface area contributed by atoms with E-state index in [-0.39, 0.29) is 0 Å². The van der Waals surface area contributed by atoms with Gasteiger partial charge in [-0.25, -0.2) is 0 Å². The van der Waals surface area contributed by atoms with E-state index < -0.39 is 0 Å². The highest BCUT2D eigenvalue weighted by molar-refractivity contribution is 7.10. The second kappa shape index (κ2) is 5.02. The van der Waals surface area contributed by atoms with Crippen LogP contribution in [0.3, 0.4) is 0 Å². The maximum absolute atomic E-state index is 5.67. The molecule has 0 saturated heterocycles. The van der Waals surface area contributed by atoms with Crippen LogP contribution in [0.5, 0.6) is 5.75 Å². The SMILES string of the molecule is CCOc1cccc2c1NCC(c1cccs1)C2. The fourth-order valence-electron chi connectivity index (χ4n) is 2.51. The van der Waals surface area contributed by atoms with Crippen molar-refractivity contribution in [1.29, 1.82) is 0 Å². The molecule has 0 bridgehead atoms. The van der Waals surface area contributed by atoms with Crippen LogP contribution in [0.25, 0.3) is 0 Å². The predicted molar refractivity (Wildman–Crippen MR) is 76.9 cm³/mol. The molecule has 1 atom stereocenters. The largest absolute Gasteiger partial charge is 0.492 e. The van der Waals surface area contributed by atoms with Crippen molar-refractivity contribution in [2.24, 2.45) is 0 Å². The van der Waals surface area contributed by atoms with Crippen molar-refractivity contribution in [3.8, 4) is 5.75 Å². The zero-order chi connectivity index (χ0) is 12.4. The Morgan fingerprint density at radius 3 is 3.06 bits per heavy atom. The van der Waals surface area contributed by atoms with E-state index in [2.05, 4.69) is 35.0 Å². The molecule has 1 N–H and O–H groups in total. The van der Waals surface area contributed by atoms with Crippen molar-refractivity contribution in [3.05, 3.63) is 46.2 Å². The van der Waals surface area contributed by atoms with Gasteiger partial charge in [0.15, 0.2) is 0 Å². The highest BCUT2D eigenvalue weighted by Gasteiger charge is 2.22. The fourth-order valence-corrected chi connectivity index (χ4v) is 3.34. The zero-order valence-electron chi connectivity index (χ0n) is 10.5. The number of rotatable bonds is 3. The van der Waals surface area contributed by atoms with E-state index in [0.717, 1.165) is 18.7 Å². The Hall–Kier alpha value is -1.48. The molecule has 94 valence electrons. The molecule has 2 nitrogen and oxygen atoms in total. The second-order valence-electron chi connectivity index (χ2n) is 4.52. The molecule has 0 aliphatic carbocycles. The summed E-state index contributed by atoms with van der Waals surface area (Å²) in [6.07, 6.45) is 1.10. The third kappa shape index (κ3) is 2.10. The summed E-state index contributed by atoms with van der Waals surface area (Å²) >= 11 is 1.85. The maximum Gasteiger partial charge on any atom is 0.142 e. The summed E-state index contributed by atoms with van der Waals surface area (Å²) in [6, 6.07) is 10.7. The van der Waals surface area contributed by atoms with Gasteiger partial charge in [-0.05, 0) is 36.4 Å². The molecular weight excluding hydrogens is 242 g/mol. The predicted octanol–water partition coefficient (Wildman–Crippen LogP) is 3.90. The summed E-state index contributed by atoms with van der Waals surface area (Å²) in [4.78, 5) is 1.47. The van der Waals surface area contributed by atoms with Crippen LogP contribution in [0.1, 0.15) is 23.3 Å². The van der Waals surface area contributed by atoms with Crippen LogP contribution in [0.4, 0.5) is 5.69 Å². The Bertz CT molecular complexity index is 521. The van der Waals surface area contributed by atoms with Gasteiger partial charge in [-0.15, -0.1) is 11.3 Å². The Labute approximate surface area is 112 Å². The molecule has 1 unspecified atom stereocenters. The van der Waals surface area contributed by atoms with Crippen LogP contribution in [-0.2, 0) is 6.42 Å². The van der Waals surface area contributed by atoms with Gasteiger partial charge in [-0.1, -0.05) is 18.2 Å². The van der Waals surface area contributed by atoms with E-state index >= 15 is 0 Å². The smallest absolute Gasteiger partial charge is 0.142 e. The van der Waals surface area contributed by atoms with Gasteiger partial charge in [-0.3, -0.25) is 0 Å². The minimum absolute atomic E-state index is 0.592. The third-order valence-electron chi connectivity index (χ3n) is 3.35. The highest BCUT2D eigenvalue weighted by Crippen LogP contribution is 2.37. The van der Waals surface area contributed by atoms with Crippen LogP contribution in [0, 0.1) is 0 Å². The van der Waals surface area contributed by atoms with Gasteiger partial charge >= 0.3 is 0 Å². The zero-order valence-corrected chi connectivity index (χ0v) is 11.3. The Morgan fingerprint density at radius 1 is 1.33 bits per heavy atom. The standard InChI is InChI=1S/C15H17NOS/c1-2-17-13-6-3-5-11-9-12(10-16-15(11)13)14-7-4-8-18-14/h3-8,12,16H,2,9-10H2,1H3. The van der Waals surface area contributed by atoms with E-state index in [9.17, 15) is 0 Å². The van der Waals surface area contributed by atoms with Crippen molar-refractivity contribution in [3.63, 3.8) is 0 Å². The number of thiophene rings is 1. The van der Waals surface area contributed by atoms with Gasteiger partial charge in [0.2, 0.25) is 0 Å². The monoisotopic (exact) mass is 259 g/mol. The van der Waals surface area contributed by atoms with E-state index in [1.165, 1.54) is 16.1 Å². The first kappa shape index (κ1) is 11.6. The lowest BCUT2D eigenvalue weighted by Gasteiger charge is -2.27. The van der Waals surface area contributed by atoms with Crippen LogP contribution >= 0.6 is 11.3 Å². The molecule has 1 aliphatic rings. The number of fused-ring (bicyclic) bond motifs is 1. The Kier molecular flexibility index (Phi) is 3.24. The molecular formula is C15H17NOS. The van der Waals surface area contributed by atoms with E-state index in [0.29, 0.717) is 12.5 Å². The number of benzene rings is 1. The summed E-state index contributed by atoms with van der Waals surface area (Å²) in [5, 5.41) is 5.69. The summed E-state index contributed by atoms with van der Waals surface area (Å²) in [7, 11) is 0. The summed E-state index contributed by atoms with van der Waals surface area (Å²) in [6.45, 7) is 3.74. The molecule has 1 aromatic heterocycles. The molecule has 3 rings (SSSR count). The lowest BCUT2D eigenvalue weighted by Crippen LogP contribution is -2.21. The molecule has 1 aliphatic heterocycles. The van der Waals surface area contributed by atoms with Crippen molar-refractivity contribution < 1.29 is 4.74 Å². The van der Waals surface area contributed by atoms with Crippen molar-refractivity contribution in [2.75, 3.05) is 18.5 Å². The average Bonchev–Trinajstić information content (AvgIpc) is 2.93. The molecule has 1 aromatic carbocycles. The van der Waals surface area contributed by atoms with Gasteiger partial charge in [0.1, 0.15) is 5.75 Å². The summed E-state index contributed by atoms with van der Waals surface area (Å²) in [5.74, 6) is 1.58. The first-order chi connectivity index (χ1) is 8.88. The number of para-hydroxylation sites is 1. The van der Waals surface area contributed by atoms with Gasteiger partial charge in [-0.2, -0.15) is 0 Å². The molecule has 0 amide bonds. The molecule has 0 radical (unpaired) electrons. The van der Waals surface area contributed by atoms with Crippen LogP contribution < -0.4 is 10.1 Å². The normalized spacial score (nSPS) is 17.9. The lowest BCUT2D eigenvalue weighted by molar-refractivity contribution is 0.341. The summed E-state index contributed by atoms with van der Waals surface area (Å²) in [5.41, 5.74) is 2.55. The average molecular weight is 259 g/mol. The fraction of sp³-hybridized carbons (Fsp3) is 0.333. The van der Waals surface area contributed by atoms with E-state index in [1.807, 2.05) is 24.3 Å². The van der Waals surface area contributed by atoms with Crippen LogP contribution in [0.15, 0.2) is 35.7 Å². The number of ether oxygens (including phenoxy) is 1.